The minimum atomic E-state index is -0.0237. The fourth-order valence-electron chi connectivity index (χ4n) is 1.70. The van der Waals surface area contributed by atoms with Gasteiger partial charge in [-0.3, -0.25) is 4.79 Å². The lowest BCUT2D eigenvalue weighted by molar-refractivity contribution is -0.114. The molecule has 2 heteroatoms. The van der Waals surface area contributed by atoms with E-state index in [0.29, 0.717) is 5.92 Å². The summed E-state index contributed by atoms with van der Waals surface area (Å²) in [7, 11) is 0. The van der Waals surface area contributed by atoms with Crippen LogP contribution in [0.4, 0.5) is 5.69 Å². The van der Waals surface area contributed by atoms with E-state index in [1.165, 1.54) is 25.3 Å². The standard InChI is InChI=1S/C13H19NO/c1-4-5-10(2)12-6-8-13(9-7-12)14-11(3)15/h6-10H,4-5H2,1-3H3,(H,14,15). The molecule has 1 atom stereocenters. The topological polar surface area (TPSA) is 29.1 Å². The number of nitrogens with one attached hydrogen (secondary N) is 1. The van der Waals surface area contributed by atoms with Crippen molar-refractivity contribution in [3.63, 3.8) is 0 Å². The van der Waals surface area contributed by atoms with E-state index in [2.05, 4.69) is 31.3 Å². The Morgan fingerprint density at radius 3 is 2.40 bits per heavy atom. The van der Waals surface area contributed by atoms with Crippen molar-refractivity contribution in [3.8, 4) is 0 Å². The second-order valence-electron chi connectivity index (χ2n) is 3.99. The second kappa shape index (κ2) is 5.54. The lowest BCUT2D eigenvalue weighted by atomic mass is 9.96. The van der Waals surface area contributed by atoms with Crippen LogP contribution in [0.1, 0.15) is 45.1 Å². The van der Waals surface area contributed by atoms with E-state index in [1.807, 2.05) is 12.1 Å². The molecular weight excluding hydrogens is 186 g/mol. The van der Waals surface area contributed by atoms with Crippen LogP contribution in [0.25, 0.3) is 0 Å². The van der Waals surface area contributed by atoms with Crippen molar-refractivity contribution in [1.82, 2.24) is 0 Å². The normalized spacial score (nSPS) is 12.2. The summed E-state index contributed by atoms with van der Waals surface area (Å²) in [4.78, 5) is 10.8. The molecule has 0 aliphatic heterocycles. The van der Waals surface area contributed by atoms with Gasteiger partial charge < -0.3 is 5.32 Å². The van der Waals surface area contributed by atoms with Crippen molar-refractivity contribution < 1.29 is 4.79 Å². The molecule has 0 fully saturated rings. The van der Waals surface area contributed by atoms with Crippen molar-refractivity contribution in [2.45, 2.75) is 39.5 Å². The summed E-state index contributed by atoms with van der Waals surface area (Å²) in [5.74, 6) is 0.575. The van der Waals surface area contributed by atoms with Crippen molar-refractivity contribution in [2.24, 2.45) is 0 Å². The highest BCUT2D eigenvalue weighted by Crippen LogP contribution is 2.21. The number of hydrogen-bond donors (Lipinski definition) is 1. The summed E-state index contributed by atoms with van der Waals surface area (Å²) >= 11 is 0. The van der Waals surface area contributed by atoms with E-state index >= 15 is 0 Å². The fourth-order valence-corrected chi connectivity index (χ4v) is 1.70. The maximum Gasteiger partial charge on any atom is 0.221 e. The Balaban J connectivity index is 2.67. The van der Waals surface area contributed by atoms with Gasteiger partial charge >= 0.3 is 0 Å². The van der Waals surface area contributed by atoms with Crippen molar-refractivity contribution >= 4 is 11.6 Å². The Bertz CT molecular complexity index is 316. The molecule has 1 aromatic carbocycles. The molecule has 0 aliphatic rings. The average Bonchev–Trinajstić information content (AvgIpc) is 2.18. The molecule has 0 aromatic heterocycles. The van der Waals surface area contributed by atoms with Gasteiger partial charge in [-0.25, -0.2) is 0 Å². The van der Waals surface area contributed by atoms with Crippen LogP contribution in [0.3, 0.4) is 0 Å². The largest absolute Gasteiger partial charge is 0.326 e. The highest BCUT2D eigenvalue weighted by molar-refractivity contribution is 5.88. The monoisotopic (exact) mass is 205 g/mol. The minimum absolute atomic E-state index is 0.0237. The maximum absolute atomic E-state index is 10.8. The van der Waals surface area contributed by atoms with Gasteiger partial charge in [-0.1, -0.05) is 32.4 Å². The third kappa shape index (κ3) is 3.74. The summed E-state index contributed by atoms with van der Waals surface area (Å²) < 4.78 is 0. The van der Waals surface area contributed by atoms with E-state index < -0.39 is 0 Å². The van der Waals surface area contributed by atoms with Crippen LogP contribution in [0, 0.1) is 0 Å². The number of carbonyl (C=O) groups is 1. The average molecular weight is 205 g/mol. The molecule has 0 bridgehead atoms. The van der Waals surface area contributed by atoms with Gasteiger partial charge in [0.1, 0.15) is 0 Å². The smallest absolute Gasteiger partial charge is 0.221 e. The molecule has 0 saturated carbocycles. The summed E-state index contributed by atoms with van der Waals surface area (Å²) in [6.45, 7) is 5.95. The number of amides is 1. The van der Waals surface area contributed by atoms with E-state index in [1.54, 1.807) is 0 Å². The van der Waals surface area contributed by atoms with Crippen LogP contribution in [0.2, 0.25) is 0 Å². The van der Waals surface area contributed by atoms with Crippen LogP contribution in [0.15, 0.2) is 24.3 Å². The number of rotatable bonds is 4. The molecule has 15 heavy (non-hydrogen) atoms. The zero-order chi connectivity index (χ0) is 11.3. The quantitative estimate of drug-likeness (QED) is 0.800. The first-order chi connectivity index (χ1) is 7.13. The number of benzene rings is 1. The van der Waals surface area contributed by atoms with Crippen LogP contribution in [0.5, 0.6) is 0 Å². The van der Waals surface area contributed by atoms with Crippen LogP contribution < -0.4 is 5.32 Å². The van der Waals surface area contributed by atoms with E-state index in [0.717, 1.165) is 5.69 Å². The molecule has 0 saturated heterocycles. The van der Waals surface area contributed by atoms with E-state index in [-0.39, 0.29) is 5.91 Å². The lowest BCUT2D eigenvalue weighted by Crippen LogP contribution is -2.05. The molecule has 2 nitrogen and oxygen atoms in total. The highest BCUT2D eigenvalue weighted by atomic mass is 16.1. The zero-order valence-corrected chi connectivity index (χ0v) is 9.71. The molecular formula is C13H19NO. The summed E-state index contributed by atoms with van der Waals surface area (Å²) in [6.07, 6.45) is 2.41. The summed E-state index contributed by atoms with van der Waals surface area (Å²) in [5, 5.41) is 2.76. The van der Waals surface area contributed by atoms with Crippen LogP contribution in [-0.2, 0) is 4.79 Å². The molecule has 0 radical (unpaired) electrons. The first kappa shape index (κ1) is 11.8. The van der Waals surface area contributed by atoms with Crippen molar-refractivity contribution in [1.29, 1.82) is 0 Å². The fraction of sp³-hybridized carbons (Fsp3) is 0.462. The SMILES string of the molecule is CCCC(C)c1ccc(NC(C)=O)cc1. The third-order valence-electron chi connectivity index (χ3n) is 2.52. The second-order valence-corrected chi connectivity index (χ2v) is 3.99. The minimum Gasteiger partial charge on any atom is -0.326 e. The molecule has 1 rings (SSSR count). The predicted molar refractivity (Wildman–Crippen MR) is 64.1 cm³/mol. The Labute approximate surface area is 91.7 Å². The van der Waals surface area contributed by atoms with E-state index in [4.69, 9.17) is 0 Å². The molecule has 1 N–H and O–H groups in total. The number of hydrogen-bond acceptors (Lipinski definition) is 1. The first-order valence-electron chi connectivity index (χ1n) is 5.51. The molecule has 0 heterocycles. The lowest BCUT2D eigenvalue weighted by Gasteiger charge is -2.11. The Kier molecular flexibility index (Phi) is 4.35. The van der Waals surface area contributed by atoms with Gasteiger partial charge in [0.25, 0.3) is 0 Å². The van der Waals surface area contributed by atoms with Gasteiger partial charge in [-0.15, -0.1) is 0 Å². The predicted octanol–water partition coefficient (Wildman–Crippen LogP) is 3.55. The van der Waals surface area contributed by atoms with Gasteiger partial charge in [0.15, 0.2) is 0 Å². The number of anilines is 1. The van der Waals surface area contributed by atoms with Gasteiger partial charge in [0, 0.05) is 12.6 Å². The van der Waals surface area contributed by atoms with Gasteiger partial charge in [0.2, 0.25) is 5.91 Å². The first-order valence-corrected chi connectivity index (χ1v) is 5.51. The van der Waals surface area contributed by atoms with Crippen molar-refractivity contribution in [3.05, 3.63) is 29.8 Å². The molecule has 1 amide bonds. The molecule has 1 unspecified atom stereocenters. The van der Waals surface area contributed by atoms with E-state index in [9.17, 15) is 4.79 Å². The maximum atomic E-state index is 10.8. The third-order valence-corrected chi connectivity index (χ3v) is 2.52. The summed E-state index contributed by atoms with van der Waals surface area (Å²) in [6, 6.07) is 8.10. The van der Waals surface area contributed by atoms with Gasteiger partial charge in [-0.05, 0) is 30.0 Å². The Morgan fingerprint density at radius 1 is 1.33 bits per heavy atom. The Hall–Kier alpha value is -1.31. The summed E-state index contributed by atoms with van der Waals surface area (Å²) in [5.41, 5.74) is 2.21. The molecule has 0 aliphatic carbocycles. The molecule has 0 spiro atoms. The number of carbonyl (C=O) groups excluding carboxylic acids is 1. The molecule has 1 aromatic rings. The van der Waals surface area contributed by atoms with Crippen molar-refractivity contribution in [2.75, 3.05) is 5.32 Å². The van der Waals surface area contributed by atoms with Crippen LogP contribution in [-0.4, -0.2) is 5.91 Å². The highest BCUT2D eigenvalue weighted by Gasteiger charge is 2.03. The van der Waals surface area contributed by atoms with Gasteiger partial charge in [0.05, 0.1) is 0 Å². The molecule has 82 valence electrons. The van der Waals surface area contributed by atoms with Gasteiger partial charge in [-0.2, -0.15) is 0 Å². The Morgan fingerprint density at radius 2 is 1.93 bits per heavy atom. The van der Waals surface area contributed by atoms with Crippen LogP contribution >= 0.6 is 0 Å². The zero-order valence-electron chi connectivity index (χ0n) is 9.71.